The number of anilines is 1. The number of benzene rings is 2. The number of carbonyl (C=O) groups excluding carboxylic acids is 2. The average Bonchev–Trinajstić information content (AvgIpc) is 2.61. The van der Waals surface area contributed by atoms with Crippen LogP contribution in [0.15, 0.2) is 47.4 Å². The van der Waals surface area contributed by atoms with Gasteiger partial charge in [-0.1, -0.05) is 6.07 Å². The summed E-state index contributed by atoms with van der Waals surface area (Å²) >= 11 is 0. The molecule has 7 nitrogen and oxygen atoms in total. The van der Waals surface area contributed by atoms with Crippen molar-refractivity contribution in [2.75, 3.05) is 5.32 Å². The summed E-state index contributed by atoms with van der Waals surface area (Å²) in [5.41, 5.74) is 0.501. The lowest BCUT2D eigenvalue weighted by Crippen LogP contribution is -2.45. The van der Waals surface area contributed by atoms with Crippen LogP contribution in [-0.4, -0.2) is 26.3 Å². The Morgan fingerprint density at radius 2 is 1.62 bits per heavy atom. The van der Waals surface area contributed by atoms with Gasteiger partial charge in [-0.3, -0.25) is 9.59 Å². The summed E-state index contributed by atoms with van der Waals surface area (Å²) in [6.07, 6.45) is 0. The fraction of sp³-hybridized carbons (Fsp3) is 0.263. The molecule has 2 atom stereocenters. The molecule has 2 aromatic carbocycles. The quantitative estimate of drug-likeness (QED) is 0.634. The second-order valence-electron chi connectivity index (χ2n) is 6.44. The highest BCUT2D eigenvalue weighted by molar-refractivity contribution is 7.89. The molecule has 3 N–H and O–H groups in total. The van der Waals surface area contributed by atoms with Gasteiger partial charge in [0.2, 0.25) is 21.8 Å². The first-order chi connectivity index (χ1) is 13.5. The standard InChI is InChI=1S/C19H21F2N3O4S/c1-11(17-9-4-14(20)10-18(17)21)22-19(26)12(2)24-29(27,28)16-7-5-15(6-8-16)23-13(3)25/h4-12,24H,1-3H3,(H,22,26)(H,23,25)/t11-,12+/m0/s1. The van der Waals surface area contributed by atoms with E-state index in [1.54, 1.807) is 0 Å². The Hall–Kier alpha value is -2.85. The van der Waals surface area contributed by atoms with Crippen molar-refractivity contribution in [1.29, 1.82) is 0 Å². The SMILES string of the molecule is CC(=O)Nc1ccc(S(=O)(=O)N[C@H](C)C(=O)N[C@@H](C)c2ccc(F)cc2F)cc1. The van der Waals surface area contributed by atoms with E-state index in [1.165, 1.54) is 51.1 Å². The van der Waals surface area contributed by atoms with Crippen LogP contribution in [0.2, 0.25) is 0 Å². The van der Waals surface area contributed by atoms with Gasteiger partial charge in [-0.25, -0.2) is 17.2 Å². The lowest BCUT2D eigenvalue weighted by atomic mass is 10.1. The molecule has 2 aromatic rings. The summed E-state index contributed by atoms with van der Waals surface area (Å²) in [4.78, 5) is 23.2. The molecule has 29 heavy (non-hydrogen) atoms. The van der Waals surface area contributed by atoms with Crippen molar-refractivity contribution in [2.45, 2.75) is 37.8 Å². The molecule has 0 aromatic heterocycles. The maximum atomic E-state index is 13.8. The van der Waals surface area contributed by atoms with Crippen molar-refractivity contribution < 1.29 is 26.8 Å². The van der Waals surface area contributed by atoms with Gasteiger partial charge < -0.3 is 10.6 Å². The van der Waals surface area contributed by atoms with Crippen LogP contribution in [0, 0.1) is 11.6 Å². The zero-order valence-electron chi connectivity index (χ0n) is 16.0. The van der Waals surface area contributed by atoms with Crippen LogP contribution in [0.25, 0.3) is 0 Å². The van der Waals surface area contributed by atoms with E-state index in [2.05, 4.69) is 15.4 Å². The molecule has 2 rings (SSSR count). The van der Waals surface area contributed by atoms with Crippen molar-refractivity contribution >= 4 is 27.5 Å². The van der Waals surface area contributed by atoms with Crippen molar-refractivity contribution in [2.24, 2.45) is 0 Å². The Labute approximate surface area is 167 Å². The van der Waals surface area contributed by atoms with Gasteiger partial charge in [0, 0.05) is 24.2 Å². The third-order valence-electron chi connectivity index (χ3n) is 4.00. The minimum Gasteiger partial charge on any atom is -0.348 e. The minimum atomic E-state index is -4.01. The fourth-order valence-corrected chi connectivity index (χ4v) is 3.75. The van der Waals surface area contributed by atoms with E-state index in [4.69, 9.17) is 0 Å². The van der Waals surface area contributed by atoms with Crippen LogP contribution < -0.4 is 15.4 Å². The first kappa shape index (κ1) is 22.4. The molecule has 156 valence electrons. The van der Waals surface area contributed by atoms with E-state index in [-0.39, 0.29) is 16.4 Å². The number of hydrogen-bond donors (Lipinski definition) is 3. The van der Waals surface area contributed by atoms with E-state index >= 15 is 0 Å². The van der Waals surface area contributed by atoms with Gasteiger partial charge in [0.1, 0.15) is 11.6 Å². The van der Waals surface area contributed by atoms with Crippen LogP contribution in [0.5, 0.6) is 0 Å². The van der Waals surface area contributed by atoms with Crippen molar-refractivity contribution in [3.63, 3.8) is 0 Å². The van der Waals surface area contributed by atoms with Crippen LogP contribution in [0.3, 0.4) is 0 Å². The van der Waals surface area contributed by atoms with Gasteiger partial charge in [0.25, 0.3) is 0 Å². The largest absolute Gasteiger partial charge is 0.348 e. The molecule has 0 fully saturated rings. The molecule has 0 radical (unpaired) electrons. The number of amides is 2. The monoisotopic (exact) mass is 425 g/mol. The zero-order chi connectivity index (χ0) is 21.8. The van der Waals surface area contributed by atoms with Gasteiger partial charge in [-0.15, -0.1) is 0 Å². The van der Waals surface area contributed by atoms with Gasteiger partial charge in [0.15, 0.2) is 0 Å². The Bertz CT molecular complexity index is 1010. The lowest BCUT2D eigenvalue weighted by Gasteiger charge is -2.19. The third-order valence-corrected chi connectivity index (χ3v) is 5.55. The van der Waals surface area contributed by atoms with Crippen LogP contribution in [0.4, 0.5) is 14.5 Å². The molecule has 0 unspecified atom stereocenters. The van der Waals surface area contributed by atoms with E-state index in [0.717, 1.165) is 6.07 Å². The molecular formula is C19H21F2N3O4S. The summed E-state index contributed by atoms with van der Waals surface area (Å²) < 4.78 is 54.0. The molecule has 0 heterocycles. The Balaban J connectivity index is 2.04. The van der Waals surface area contributed by atoms with Crippen molar-refractivity contribution in [1.82, 2.24) is 10.0 Å². The highest BCUT2D eigenvalue weighted by Gasteiger charge is 2.24. The molecular weight excluding hydrogens is 404 g/mol. The number of nitrogens with one attached hydrogen (secondary N) is 3. The first-order valence-corrected chi connectivity index (χ1v) is 10.1. The second-order valence-corrected chi connectivity index (χ2v) is 8.16. The lowest BCUT2D eigenvalue weighted by molar-refractivity contribution is -0.123. The van der Waals surface area contributed by atoms with E-state index in [0.29, 0.717) is 11.8 Å². The molecule has 10 heteroatoms. The minimum absolute atomic E-state index is 0.0726. The Morgan fingerprint density at radius 1 is 1.00 bits per heavy atom. The first-order valence-electron chi connectivity index (χ1n) is 8.65. The summed E-state index contributed by atoms with van der Waals surface area (Å²) in [6, 6.07) is 6.44. The number of carbonyl (C=O) groups is 2. The Morgan fingerprint density at radius 3 is 2.17 bits per heavy atom. The molecule has 0 aliphatic heterocycles. The second kappa shape index (κ2) is 9.10. The molecule has 0 bridgehead atoms. The molecule has 0 saturated carbocycles. The van der Waals surface area contributed by atoms with Gasteiger partial charge in [-0.05, 0) is 44.2 Å². The van der Waals surface area contributed by atoms with Gasteiger partial charge in [0.05, 0.1) is 17.0 Å². The van der Waals surface area contributed by atoms with Crippen LogP contribution >= 0.6 is 0 Å². The van der Waals surface area contributed by atoms with Crippen LogP contribution in [0.1, 0.15) is 32.4 Å². The van der Waals surface area contributed by atoms with Crippen molar-refractivity contribution in [3.8, 4) is 0 Å². The maximum Gasteiger partial charge on any atom is 0.241 e. The zero-order valence-corrected chi connectivity index (χ0v) is 16.8. The summed E-state index contributed by atoms with van der Waals surface area (Å²) in [7, 11) is -4.01. The fourth-order valence-electron chi connectivity index (χ4n) is 2.54. The molecule has 2 amide bonds. The normalized spacial score (nSPS) is 13.4. The summed E-state index contributed by atoms with van der Waals surface area (Å²) in [6.45, 7) is 4.16. The third kappa shape index (κ3) is 6.06. The number of rotatable bonds is 7. The van der Waals surface area contributed by atoms with E-state index in [1.807, 2.05) is 0 Å². The number of hydrogen-bond acceptors (Lipinski definition) is 4. The molecule has 0 spiro atoms. The number of sulfonamides is 1. The average molecular weight is 425 g/mol. The highest BCUT2D eigenvalue weighted by Crippen LogP contribution is 2.18. The van der Waals surface area contributed by atoms with E-state index in [9.17, 15) is 26.8 Å². The molecule has 0 saturated heterocycles. The highest BCUT2D eigenvalue weighted by atomic mass is 32.2. The summed E-state index contributed by atoms with van der Waals surface area (Å²) in [5.74, 6) is -2.53. The molecule has 0 aliphatic carbocycles. The Kier molecular flexibility index (Phi) is 7.04. The summed E-state index contributed by atoms with van der Waals surface area (Å²) in [5, 5.41) is 5.00. The van der Waals surface area contributed by atoms with Gasteiger partial charge in [-0.2, -0.15) is 4.72 Å². The van der Waals surface area contributed by atoms with Crippen molar-refractivity contribution in [3.05, 3.63) is 59.7 Å². The van der Waals surface area contributed by atoms with E-state index < -0.39 is 39.6 Å². The van der Waals surface area contributed by atoms with Crippen LogP contribution in [-0.2, 0) is 19.6 Å². The molecule has 0 aliphatic rings. The number of halogens is 2. The van der Waals surface area contributed by atoms with Gasteiger partial charge >= 0.3 is 0 Å². The predicted molar refractivity (Wildman–Crippen MR) is 103 cm³/mol. The predicted octanol–water partition coefficient (Wildman–Crippen LogP) is 2.47. The smallest absolute Gasteiger partial charge is 0.241 e. The maximum absolute atomic E-state index is 13.8. The topological polar surface area (TPSA) is 104 Å².